The summed E-state index contributed by atoms with van der Waals surface area (Å²) < 4.78 is 27.0. The van der Waals surface area contributed by atoms with Gasteiger partial charge in [0, 0.05) is 25.7 Å². The minimum Gasteiger partial charge on any atom is -0.353 e. The average molecular weight is 257 g/mol. The molecule has 7 heteroatoms. The standard InChI is InChI=1S/C11H17F2N5/c1-17-3-2-4-18(6-5-17)11-9(13)7-8(12)10(15-11)16-14/h7H,2-6,14H2,1H3,(H,15,16). The Labute approximate surface area is 105 Å². The smallest absolute Gasteiger partial charge is 0.178 e. The van der Waals surface area contributed by atoms with Gasteiger partial charge in [0.2, 0.25) is 0 Å². The number of hydrazine groups is 1. The van der Waals surface area contributed by atoms with E-state index in [9.17, 15) is 8.78 Å². The fraction of sp³-hybridized carbons (Fsp3) is 0.545. The van der Waals surface area contributed by atoms with Crippen LogP contribution in [-0.4, -0.2) is 43.1 Å². The predicted molar refractivity (Wildman–Crippen MR) is 66.3 cm³/mol. The molecule has 5 nitrogen and oxygen atoms in total. The van der Waals surface area contributed by atoms with Gasteiger partial charge in [-0.25, -0.2) is 19.6 Å². The van der Waals surface area contributed by atoms with Crippen molar-refractivity contribution in [2.75, 3.05) is 43.6 Å². The maximum absolute atomic E-state index is 13.8. The molecule has 0 spiro atoms. The zero-order valence-electron chi connectivity index (χ0n) is 10.3. The second-order valence-electron chi connectivity index (χ2n) is 4.41. The number of anilines is 2. The number of pyridine rings is 1. The Hall–Kier alpha value is -1.47. The Balaban J connectivity index is 2.26. The van der Waals surface area contributed by atoms with Crippen LogP contribution in [0.25, 0.3) is 0 Å². The van der Waals surface area contributed by atoms with Crippen molar-refractivity contribution < 1.29 is 8.78 Å². The van der Waals surface area contributed by atoms with E-state index < -0.39 is 11.6 Å². The van der Waals surface area contributed by atoms with Crippen molar-refractivity contribution in [2.45, 2.75) is 6.42 Å². The molecule has 2 rings (SSSR count). The van der Waals surface area contributed by atoms with Crippen molar-refractivity contribution >= 4 is 11.6 Å². The number of nitrogens with one attached hydrogen (secondary N) is 1. The molecule has 3 N–H and O–H groups in total. The maximum atomic E-state index is 13.8. The lowest BCUT2D eigenvalue weighted by Gasteiger charge is -2.22. The lowest BCUT2D eigenvalue weighted by Crippen LogP contribution is -2.30. The van der Waals surface area contributed by atoms with Gasteiger partial charge in [0.1, 0.15) is 0 Å². The molecule has 0 saturated carbocycles. The highest BCUT2D eigenvalue weighted by molar-refractivity contribution is 5.48. The average Bonchev–Trinajstić information content (AvgIpc) is 2.54. The molecule has 0 aromatic carbocycles. The van der Waals surface area contributed by atoms with Crippen molar-refractivity contribution in [3.05, 3.63) is 17.7 Å². The molecular weight excluding hydrogens is 240 g/mol. The third-order valence-corrected chi connectivity index (χ3v) is 3.07. The zero-order valence-corrected chi connectivity index (χ0v) is 10.3. The Morgan fingerprint density at radius 3 is 2.72 bits per heavy atom. The molecule has 1 aliphatic heterocycles. The number of hydrogen-bond donors (Lipinski definition) is 2. The summed E-state index contributed by atoms with van der Waals surface area (Å²) in [5.41, 5.74) is 2.14. The van der Waals surface area contributed by atoms with Crippen molar-refractivity contribution in [3.63, 3.8) is 0 Å². The van der Waals surface area contributed by atoms with Gasteiger partial charge in [-0.05, 0) is 20.0 Å². The Kier molecular flexibility index (Phi) is 3.93. The second-order valence-corrected chi connectivity index (χ2v) is 4.41. The zero-order chi connectivity index (χ0) is 13.1. The van der Waals surface area contributed by atoms with Crippen LogP contribution >= 0.6 is 0 Å². The van der Waals surface area contributed by atoms with Crippen molar-refractivity contribution in [1.82, 2.24) is 9.88 Å². The second kappa shape index (κ2) is 5.45. The topological polar surface area (TPSA) is 57.4 Å². The van der Waals surface area contributed by atoms with E-state index in [1.54, 1.807) is 0 Å². The molecule has 1 fully saturated rings. The van der Waals surface area contributed by atoms with Crippen molar-refractivity contribution in [3.8, 4) is 0 Å². The maximum Gasteiger partial charge on any atom is 0.178 e. The molecule has 1 aliphatic rings. The van der Waals surface area contributed by atoms with E-state index in [-0.39, 0.29) is 11.6 Å². The van der Waals surface area contributed by atoms with Crippen molar-refractivity contribution in [1.29, 1.82) is 0 Å². The van der Waals surface area contributed by atoms with E-state index in [4.69, 9.17) is 5.84 Å². The number of nitrogen functional groups attached to an aromatic ring is 1. The molecule has 0 amide bonds. The number of nitrogens with two attached hydrogens (primary N) is 1. The van der Waals surface area contributed by atoms with Gasteiger partial charge in [0.05, 0.1) is 0 Å². The first-order valence-electron chi connectivity index (χ1n) is 5.88. The molecule has 100 valence electrons. The number of nitrogens with zero attached hydrogens (tertiary/aromatic N) is 3. The minimum absolute atomic E-state index is 0.135. The normalized spacial score (nSPS) is 17.7. The summed E-state index contributed by atoms with van der Waals surface area (Å²) in [6.45, 7) is 3.14. The highest BCUT2D eigenvalue weighted by Gasteiger charge is 2.19. The molecule has 0 bridgehead atoms. The summed E-state index contributed by atoms with van der Waals surface area (Å²) in [5, 5.41) is 0. The molecule has 1 aromatic heterocycles. The van der Waals surface area contributed by atoms with E-state index in [1.165, 1.54) is 0 Å². The molecule has 2 heterocycles. The Bertz CT molecular complexity index is 426. The number of aromatic nitrogens is 1. The quantitative estimate of drug-likeness (QED) is 0.606. The van der Waals surface area contributed by atoms with E-state index in [0.29, 0.717) is 13.1 Å². The van der Waals surface area contributed by atoms with Gasteiger partial charge in [-0.15, -0.1) is 0 Å². The van der Waals surface area contributed by atoms with Crippen molar-refractivity contribution in [2.24, 2.45) is 5.84 Å². The third-order valence-electron chi connectivity index (χ3n) is 3.07. The predicted octanol–water partition coefficient (Wildman–Crippen LogP) is 0.787. The monoisotopic (exact) mass is 257 g/mol. The van der Waals surface area contributed by atoms with Crippen LogP contribution in [0, 0.1) is 11.6 Å². The van der Waals surface area contributed by atoms with Crippen LogP contribution in [-0.2, 0) is 0 Å². The van der Waals surface area contributed by atoms with E-state index in [0.717, 1.165) is 25.6 Å². The lowest BCUT2D eigenvalue weighted by molar-refractivity contribution is 0.360. The summed E-state index contributed by atoms with van der Waals surface area (Å²) in [5.74, 6) is 3.72. The summed E-state index contributed by atoms with van der Waals surface area (Å²) in [6, 6.07) is 0.812. The van der Waals surface area contributed by atoms with Crippen LogP contribution < -0.4 is 16.2 Å². The highest BCUT2D eigenvalue weighted by Crippen LogP contribution is 2.22. The van der Waals surface area contributed by atoms with Gasteiger partial charge < -0.3 is 15.2 Å². The number of hydrogen-bond acceptors (Lipinski definition) is 5. The first-order chi connectivity index (χ1) is 8.61. The van der Waals surface area contributed by atoms with E-state index >= 15 is 0 Å². The van der Waals surface area contributed by atoms with Crippen LogP contribution in [0.4, 0.5) is 20.4 Å². The van der Waals surface area contributed by atoms with Gasteiger partial charge in [-0.2, -0.15) is 0 Å². The summed E-state index contributed by atoms with van der Waals surface area (Å²) in [4.78, 5) is 7.89. The lowest BCUT2D eigenvalue weighted by atomic mass is 10.3. The fourth-order valence-electron chi connectivity index (χ4n) is 2.04. The number of likely N-dealkylation sites (N-methyl/N-ethyl adjacent to an activating group) is 1. The molecular formula is C11H17F2N5. The minimum atomic E-state index is -0.786. The van der Waals surface area contributed by atoms with Crippen LogP contribution in [0.3, 0.4) is 0 Å². The van der Waals surface area contributed by atoms with Gasteiger partial charge in [-0.1, -0.05) is 0 Å². The van der Waals surface area contributed by atoms with E-state index in [1.807, 2.05) is 11.9 Å². The Morgan fingerprint density at radius 2 is 2.00 bits per heavy atom. The van der Waals surface area contributed by atoms with Gasteiger partial charge >= 0.3 is 0 Å². The van der Waals surface area contributed by atoms with Crippen LogP contribution in [0.2, 0.25) is 0 Å². The first kappa shape index (κ1) is 13.0. The molecule has 0 radical (unpaired) electrons. The van der Waals surface area contributed by atoms with E-state index in [2.05, 4.69) is 15.3 Å². The molecule has 1 saturated heterocycles. The first-order valence-corrected chi connectivity index (χ1v) is 5.88. The third kappa shape index (κ3) is 2.68. The largest absolute Gasteiger partial charge is 0.353 e. The number of rotatable bonds is 2. The molecule has 0 unspecified atom stereocenters. The molecule has 18 heavy (non-hydrogen) atoms. The van der Waals surface area contributed by atoms with Gasteiger partial charge in [0.25, 0.3) is 0 Å². The highest BCUT2D eigenvalue weighted by atomic mass is 19.1. The summed E-state index contributed by atoms with van der Waals surface area (Å²) >= 11 is 0. The Morgan fingerprint density at radius 1 is 1.22 bits per heavy atom. The molecule has 0 atom stereocenters. The summed E-state index contributed by atoms with van der Waals surface area (Å²) in [6.07, 6.45) is 0.917. The molecule has 1 aromatic rings. The number of halogens is 2. The summed E-state index contributed by atoms with van der Waals surface area (Å²) in [7, 11) is 2.02. The SMILES string of the molecule is CN1CCCN(c2nc(NN)c(F)cc2F)CC1. The van der Waals surface area contributed by atoms with Crippen LogP contribution in [0.5, 0.6) is 0 Å². The molecule has 0 aliphatic carbocycles. The van der Waals surface area contributed by atoms with Crippen LogP contribution in [0.1, 0.15) is 6.42 Å². The fourth-order valence-corrected chi connectivity index (χ4v) is 2.04. The van der Waals surface area contributed by atoms with Gasteiger partial charge in [0.15, 0.2) is 23.3 Å². The van der Waals surface area contributed by atoms with Gasteiger partial charge in [-0.3, -0.25) is 0 Å². The van der Waals surface area contributed by atoms with Crippen LogP contribution in [0.15, 0.2) is 6.07 Å².